The predicted molar refractivity (Wildman–Crippen MR) is 98.5 cm³/mol. The highest BCUT2D eigenvalue weighted by Crippen LogP contribution is 2.29. The molecule has 3 aliphatic heterocycles. The van der Waals surface area contributed by atoms with Crippen molar-refractivity contribution in [2.45, 2.75) is 12.8 Å². The van der Waals surface area contributed by atoms with Crippen LogP contribution in [0.3, 0.4) is 0 Å². The molecule has 1 aromatic rings. The zero-order valence-electron chi connectivity index (χ0n) is 13.1. The highest BCUT2D eigenvalue weighted by atomic mass is 35.5. The average molecular weight is 375 g/mol. The van der Waals surface area contributed by atoms with Gasteiger partial charge in [0.05, 0.1) is 36.5 Å². The van der Waals surface area contributed by atoms with Crippen molar-refractivity contribution < 1.29 is 9.90 Å². The average Bonchev–Trinajstić information content (AvgIpc) is 3.25. The van der Waals surface area contributed by atoms with E-state index < -0.39 is 0 Å². The van der Waals surface area contributed by atoms with Crippen molar-refractivity contribution in [3.05, 3.63) is 64.6 Å². The first-order chi connectivity index (χ1) is 12.1. The molecule has 0 saturated heterocycles. The number of aromatic hydroxyl groups is 1. The van der Waals surface area contributed by atoms with Crippen molar-refractivity contribution in [2.24, 2.45) is 5.10 Å². The lowest BCUT2D eigenvalue weighted by molar-refractivity contribution is -0.129. The second kappa shape index (κ2) is 6.50. The number of halogens is 1. The van der Waals surface area contributed by atoms with Gasteiger partial charge in [-0.15, -0.1) is 0 Å². The minimum atomic E-state index is -0.0694. The highest BCUT2D eigenvalue weighted by molar-refractivity contribution is 7.95. The Morgan fingerprint density at radius 3 is 3.20 bits per heavy atom. The number of nitrogens with zero attached hydrogens (tertiary/aromatic N) is 3. The molecule has 3 aliphatic rings. The van der Waals surface area contributed by atoms with Crippen LogP contribution < -0.4 is 4.72 Å². The van der Waals surface area contributed by atoms with Crippen LogP contribution in [-0.4, -0.2) is 32.6 Å². The quantitative estimate of drug-likeness (QED) is 0.795. The number of fused-ring (bicyclic) bond motifs is 1. The molecule has 0 fully saturated rings. The Bertz CT molecular complexity index is 862. The third-order valence-electron chi connectivity index (χ3n) is 4.08. The third kappa shape index (κ3) is 3.25. The Labute approximate surface area is 154 Å². The Kier molecular flexibility index (Phi) is 4.19. The third-order valence-corrected chi connectivity index (χ3v) is 5.07. The van der Waals surface area contributed by atoms with E-state index in [2.05, 4.69) is 9.82 Å². The number of hydrogen-bond acceptors (Lipinski definition) is 6. The lowest BCUT2D eigenvalue weighted by atomic mass is 10.1. The summed E-state index contributed by atoms with van der Waals surface area (Å²) in [5.41, 5.74) is 3.21. The first kappa shape index (κ1) is 16.1. The molecule has 6 nitrogen and oxygen atoms in total. The van der Waals surface area contributed by atoms with Crippen molar-refractivity contribution in [3.8, 4) is 5.75 Å². The van der Waals surface area contributed by atoms with E-state index in [4.69, 9.17) is 11.6 Å². The number of amides is 1. The van der Waals surface area contributed by atoms with Gasteiger partial charge in [0.2, 0.25) is 5.91 Å². The van der Waals surface area contributed by atoms with Crippen LogP contribution in [-0.2, 0) is 4.79 Å². The number of phenols is 1. The summed E-state index contributed by atoms with van der Waals surface area (Å²) >= 11 is 7.47. The van der Waals surface area contributed by atoms with Gasteiger partial charge in [-0.2, -0.15) is 5.10 Å². The van der Waals surface area contributed by atoms with E-state index in [-0.39, 0.29) is 18.1 Å². The number of nitrogens with one attached hydrogen (secondary N) is 1. The second-order valence-electron chi connectivity index (χ2n) is 5.79. The Balaban J connectivity index is 1.48. The number of rotatable bonds is 3. The van der Waals surface area contributed by atoms with E-state index in [9.17, 15) is 9.90 Å². The largest absolute Gasteiger partial charge is 0.507 e. The Hall–Kier alpha value is -2.38. The summed E-state index contributed by atoms with van der Waals surface area (Å²) in [5.74, 6) is 0.0497. The maximum atomic E-state index is 12.5. The van der Waals surface area contributed by atoms with Gasteiger partial charge in [0.25, 0.3) is 0 Å². The van der Waals surface area contributed by atoms with Crippen molar-refractivity contribution in [1.29, 1.82) is 0 Å². The maximum Gasteiger partial charge on any atom is 0.247 e. The van der Waals surface area contributed by atoms with E-state index in [1.165, 1.54) is 23.2 Å². The lowest BCUT2D eigenvalue weighted by Crippen LogP contribution is -2.23. The van der Waals surface area contributed by atoms with Gasteiger partial charge in [0.15, 0.2) is 0 Å². The minimum Gasteiger partial charge on any atom is -0.507 e. The molecule has 128 valence electrons. The summed E-state index contributed by atoms with van der Waals surface area (Å²) in [6, 6.07) is 4.83. The van der Waals surface area contributed by atoms with Crippen molar-refractivity contribution in [1.82, 2.24) is 14.0 Å². The number of hydrogen-bond donors (Lipinski definition) is 2. The van der Waals surface area contributed by atoms with Gasteiger partial charge in [-0.05, 0) is 35.9 Å². The molecule has 3 heterocycles. The molecule has 0 unspecified atom stereocenters. The highest BCUT2D eigenvalue weighted by Gasteiger charge is 2.25. The van der Waals surface area contributed by atoms with Crippen LogP contribution in [0.25, 0.3) is 0 Å². The lowest BCUT2D eigenvalue weighted by Gasteiger charge is -2.18. The molecule has 0 atom stereocenters. The molecule has 2 N–H and O–H groups in total. The number of hydrazone groups is 1. The molecule has 0 radical (unpaired) electrons. The fourth-order valence-corrected chi connectivity index (χ4v) is 3.62. The monoisotopic (exact) mass is 374 g/mol. The van der Waals surface area contributed by atoms with Gasteiger partial charge < -0.3 is 9.83 Å². The molecule has 8 heteroatoms. The molecule has 0 saturated carbocycles. The molecular weight excluding hydrogens is 360 g/mol. The van der Waals surface area contributed by atoms with E-state index in [1.807, 2.05) is 28.9 Å². The van der Waals surface area contributed by atoms with E-state index in [1.54, 1.807) is 12.1 Å². The van der Waals surface area contributed by atoms with Crippen molar-refractivity contribution in [2.75, 3.05) is 6.54 Å². The van der Waals surface area contributed by atoms with E-state index in [0.29, 0.717) is 29.3 Å². The molecule has 0 aliphatic carbocycles. The predicted octanol–water partition coefficient (Wildman–Crippen LogP) is 3.14. The van der Waals surface area contributed by atoms with Gasteiger partial charge in [-0.1, -0.05) is 11.6 Å². The SMILES string of the molecule is O=C(CC1=CC2=CNSN2C=C1)N1CCC(c2cc(Cl)ccc2O)=N1. The first-order valence-corrected chi connectivity index (χ1v) is 8.93. The van der Waals surface area contributed by atoms with Crippen molar-refractivity contribution >= 4 is 35.4 Å². The fourth-order valence-electron chi connectivity index (χ4n) is 2.82. The number of benzene rings is 1. The summed E-state index contributed by atoms with van der Waals surface area (Å²) in [6.45, 7) is 0.503. The Morgan fingerprint density at radius 1 is 1.44 bits per heavy atom. The molecule has 0 bridgehead atoms. The van der Waals surface area contributed by atoms with Crippen molar-refractivity contribution in [3.63, 3.8) is 0 Å². The zero-order valence-corrected chi connectivity index (χ0v) is 14.7. The van der Waals surface area contributed by atoms with Gasteiger partial charge >= 0.3 is 0 Å². The number of carbonyl (C=O) groups is 1. The van der Waals surface area contributed by atoms with Gasteiger partial charge in [0, 0.05) is 29.4 Å². The fraction of sp³-hybridized carbons (Fsp3) is 0.176. The standard InChI is InChI=1S/C17H15ClN4O2S/c18-12-1-2-16(23)14(9-12)15-4-5-21(20-15)17(24)8-11-3-6-22-13(7-11)10-19-25-22/h1-3,6-7,9-10,19,23H,4-5,8H2. The van der Waals surface area contributed by atoms with Crippen LogP contribution in [0.15, 0.2) is 59.1 Å². The molecule has 1 amide bonds. The maximum absolute atomic E-state index is 12.5. The van der Waals surface area contributed by atoms with Crippen LogP contribution in [0.4, 0.5) is 0 Å². The molecule has 1 aromatic carbocycles. The molecule has 4 rings (SSSR count). The molecule has 0 aromatic heterocycles. The summed E-state index contributed by atoms with van der Waals surface area (Å²) in [4.78, 5) is 12.5. The van der Waals surface area contributed by atoms with Crippen LogP contribution >= 0.6 is 23.7 Å². The topological polar surface area (TPSA) is 68.2 Å². The van der Waals surface area contributed by atoms with Gasteiger partial charge in [0.1, 0.15) is 5.75 Å². The molecule has 0 spiro atoms. The smallest absolute Gasteiger partial charge is 0.247 e. The summed E-state index contributed by atoms with van der Waals surface area (Å²) < 4.78 is 5.05. The first-order valence-electron chi connectivity index (χ1n) is 7.77. The summed E-state index contributed by atoms with van der Waals surface area (Å²) in [5, 5.41) is 16.4. The van der Waals surface area contributed by atoms with Crippen LogP contribution in [0.2, 0.25) is 5.02 Å². The summed E-state index contributed by atoms with van der Waals surface area (Å²) in [7, 11) is 0. The summed E-state index contributed by atoms with van der Waals surface area (Å²) in [6.07, 6.45) is 8.61. The molecule has 25 heavy (non-hydrogen) atoms. The van der Waals surface area contributed by atoms with E-state index >= 15 is 0 Å². The van der Waals surface area contributed by atoms with Gasteiger partial charge in [-0.25, -0.2) is 5.01 Å². The number of allylic oxidation sites excluding steroid dienone is 2. The van der Waals surface area contributed by atoms with Crippen LogP contribution in [0.1, 0.15) is 18.4 Å². The normalized spacial score (nSPS) is 18.5. The second-order valence-corrected chi connectivity index (χ2v) is 7.04. The Morgan fingerprint density at radius 2 is 2.32 bits per heavy atom. The minimum absolute atomic E-state index is 0.0694. The van der Waals surface area contributed by atoms with Crippen LogP contribution in [0.5, 0.6) is 5.75 Å². The number of carbonyl (C=O) groups excluding carboxylic acids is 1. The number of phenolic OH excluding ortho intramolecular Hbond substituents is 1. The van der Waals surface area contributed by atoms with E-state index in [0.717, 1.165) is 11.3 Å². The van der Waals surface area contributed by atoms with Gasteiger partial charge in [-0.3, -0.25) is 9.10 Å². The zero-order chi connectivity index (χ0) is 17.4. The van der Waals surface area contributed by atoms with Crippen LogP contribution in [0, 0.1) is 0 Å². The molecular formula is C17H15ClN4O2S.